The van der Waals surface area contributed by atoms with Crippen LogP contribution >= 0.6 is 0 Å². The standard InChI is InChI=1S/C10H16O2/c1-10(2)7-8(5-6-11)3-4-9(10)12/h3-5,9,11-12H,6-7H2,1-2H3/b8-5+/t9-/m0/s1. The van der Waals surface area contributed by atoms with Crippen molar-refractivity contribution in [3.05, 3.63) is 23.8 Å². The summed E-state index contributed by atoms with van der Waals surface area (Å²) >= 11 is 0. The van der Waals surface area contributed by atoms with E-state index in [-0.39, 0.29) is 18.1 Å². The van der Waals surface area contributed by atoms with Gasteiger partial charge in [-0.3, -0.25) is 0 Å². The Balaban J connectivity index is 2.79. The molecule has 0 aliphatic heterocycles. The SMILES string of the molecule is CC1(C)C/C(=C/CO)C=C[C@@H]1O. The predicted octanol–water partition coefficient (Wildman–Crippen LogP) is 1.25. The van der Waals surface area contributed by atoms with Crippen LogP contribution in [0.5, 0.6) is 0 Å². The van der Waals surface area contributed by atoms with Crippen molar-refractivity contribution in [2.24, 2.45) is 5.41 Å². The van der Waals surface area contributed by atoms with Gasteiger partial charge in [-0.05, 0) is 17.4 Å². The van der Waals surface area contributed by atoms with E-state index >= 15 is 0 Å². The minimum absolute atomic E-state index is 0.0752. The highest BCUT2D eigenvalue weighted by Gasteiger charge is 2.29. The molecule has 0 unspecified atom stereocenters. The van der Waals surface area contributed by atoms with Gasteiger partial charge < -0.3 is 10.2 Å². The van der Waals surface area contributed by atoms with Crippen LogP contribution in [0.25, 0.3) is 0 Å². The first-order valence-corrected chi connectivity index (χ1v) is 4.22. The summed E-state index contributed by atoms with van der Waals surface area (Å²) < 4.78 is 0. The Labute approximate surface area is 73.2 Å². The molecule has 12 heavy (non-hydrogen) atoms. The molecule has 68 valence electrons. The number of rotatable bonds is 1. The number of hydrogen-bond acceptors (Lipinski definition) is 2. The number of allylic oxidation sites excluding steroid dienone is 2. The van der Waals surface area contributed by atoms with Crippen molar-refractivity contribution in [2.75, 3.05) is 6.61 Å². The fourth-order valence-electron chi connectivity index (χ4n) is 1.42. The van der Waals surface area contributed by atoms with Crippen LogP contribution in [0, 0.1) is 5.41 Å². The van der Waals surface area contributed by atoms with E-state index in [1.165, 1.54) is 0 Å². The average Bonchev–Trinajstić information content (AvgIpc) is 1.97. The Kier molecular flexibility index (Phi) is 2.70. The number of hydrogen-bond donors (Lipinski definition) is 2. The van der Waals surface area contributed by atoms with Gasteiger partial charge >= 0.3 is 0 Å². The Morgan fingerprint density at radius 1 is 1.67 bits per heavy atom. The first kappa shape index (κ1) is 9.49. The van der Waals surface area contributed by atoms with Gasteiger partial charge in [0.1, 0.15) is 0 Å². The smallest absolute Gasteiger partial charge is 0.0778 e. The molecule has 0 heterocycles. The molecule has 0 amide bonds. The van der Waals surface area contributed by atoms with Crippen LogP contribution < -0.4 is 0 Å². The molecule has 0 aromatic heterocycles. The van der Waals surface area contributed by atoms with Crippen LogP contribution in [0.2, 0.25) is 0 Å². The normalized spacial score (nSPS) is 31.0. The monoisotopic (exact) mass is 168 g/mol. The quantitative estimate of drug-likeness (QED) is 0.618. The summed E-state index contributed by atoms with van der Waals surface area (Å²) in [7, 11) is 0. The summed E-state index contributed by atoms with van der Waals surface area (Å²) in [6.45, 7) is 4.12. The van der Waals surface area contributed by atoms with Crippen molar-refractivity contribution >= 4 is 0 Å². The van der Waals surface area contributed by atoms with E-state index < -0.39 is 0 Å². The van der Waals surface area contributed by atoms with Gasteiger partial charge in [0.05, 0.1) is 12.7 Å². The molecule has 1 aliphatic carbocycles. The Morgan fingerprint density at radius 2 is 2.33 bits per heavy atom. The van der Waals surface area contributed by atoms with E-state index in [9.17, 15) is 5.11 Å². The van der Waals surface area contributed by atoms with E-state index in [0.29, 0.717) is 0 Å². The molecular weight excluding hydrogens is 152 g/mol. The summed E-state index contributed by atoms with van der Waals surface area (Å²) in [6.07, 6.45) is 5.90. The Morgan fingerprint density at radius 3 is 2.83 bits per heavy atom. The van der Waals surface area contributed by atoms with E-state index in [0.717, 1.165) is 12.0 Å². The molecule has 2 heteroatoms. The zero-order valence-electron chi connectivity index (χ0n) is 7.62. The third kappa shape index (κ3) is 1.96. The second-order valence-corrected chi connectivity index (χ2v) is 3.93. The van der Waals surface area contributed by atoms with Crippen molar-refractivity contribution in [2.45, 2.75) is 26.4 Å². The lowest BCUT2D eigenvalue weighted by atomic mass is 9.76. The lowest BCUT2D eigenvalue weighted by Crippen LogP contribution is -2.30. The van der Waals surface area contributed by atoms with Crippen LogP contribution in [0.1, 0.15) is 20.3 Å². The van der Waals surface area contributed by atoms with Crippen LogP contribution in [-0.2, 0) is 0 Å². The van der Waals surface area contributed by atoms with Crippen molar-refractivity contribution in [3.63, 3.8) is 0 Å². The van der Waals surface area contributed by atoms with Gasteiger partial charge in [-0.15, -0.1) is 0 Å². The molecule has 0 aromatic rings. The Bertz CT molecular complexity index is 214. The molecule has 0 saturated carbocycles. The van der Waals surface area contributed by atoms with Gasteiger partial charge in [0, 0.05) is 0 Å². The van der Waals surface area contributed by atoms with E-state index in [1.807, 2.05) is 19.9 Å². The highest BCUT2D eigenvalue weighted by atomic mass is 16.3. The maximum Gasteiger partial charge on any atom is 0.0778 e. The van der Waals surface area contributed by atoms with Gasteiger partial charge in [0.25, 0.3) is 0 Å². The zero-order valence-corrected chi connectivity index (χ0v) is 7.62. The molecule has 0 fully saturated rings. The third-order valence-corrected chi connectivity index (χ3v) is 2.31. The number of aliphatic hydroxyl groups is 2. The highest BCUT2D eigenvalue weighted by Crippen LogP contribution is 2.34. The van der Waals surface area contributed by atoms with Gasteiger partial charge in [-0.2, -0.15) is 0 Å². The zero-order chi connectivity index (χ0) is 9.19. The lowest BCUT2D eigenvalue weighted by Gasteiger charge is -2.32. The fraction of sp³-hybridized carbons (Fsp3) is 0.600. The first-order chi connectivity index (χ1) is 5.56. The van der Waals surface area contributed by atoms with Gasteiger partial charge in [0.15, 0.2) is 0 Å². The maximum absolute atomic E-state index is 9.55. The lowest BCUT2D eigenvalue weighted by molar-refractivity contribution is 0.0868. The number of aliphatic hydroxyl groups excluding tert-OH is 2. The molecule has 0 saturated heterocycles. The van der Waals surface area contributed by atoms with Crippen molar-refractivity contribution in [1.82, 2.24) is 0 Å². The molecule has 1 rings (SSSR count). The van der Waals surface area contributed by atoms with Gasteiger partial charge in [-0.25, -0.2) is 0 Å². The molecule has 0 radical (unpaired) electrons. The first-order valence-electron chi connectivity index (χ1n) is 4.22. The summed E-state index contributed by atoms with van der Waals surface area (Å²) in [4.78, 5) is 0. The molecular formula is C10H16O2. The van der Waals surface area contributed by atoms with Crippen LogP contribution in [0.15, 0.2) is 23.8 Å². The van der Waals surface area contributed by atoms with Crippen molar-refractivity contribution < 1.29 is 10.2 Å². The highest BCUT2D eigenvalue weighted by molar-refractivity contribution is 5.26. The van der Waals surface area contributed by atoms with E-state index in [2.05, 4.69) is 0 Å². The van der Waals surface area contributed by atoms with Crippen LogP contribution in [-0.4, -0.2) is 22.9 Å². The Hall–Kier alpha value is -0.600. The second kappa shape index (κ2) is 3.42. The summed E-state index contributed by atoms with van der Waals surface area (Å²) in [6, 6.07) is 0. The third-order valence-electron chi connectivity index (χ3n) is 2.31. The van der Waals surface area contributed by atoms with E-state index in [4.69, 9.17) is 5.11 Å². The van der Waals surface area contributed by atoms with Crippen LogP contribution in [0.3, 0.4) is 0 Å². The largest absolute Gasteiger partial charge is 0.392 e. The molecule has 2 nitrogen and oxygen atoms in total. The van der Waals surface area contributed by atoms with Crippen LogP contribution in [0.4, 0.5) is 0 Å². The summed E-state index contributed by atoms with van der Waals surface area (Å²) in [5, 5.41) is 18.2. The minimum atomic E-state index is -0.367. The van der Waals surface area contributed by atoms with Crippen molar-refractivity contribution in [3.8, 4) is 0 Å². The summed E-state index contributed by atoms with van der Waals surface area (Å²) in [5.41, 5.74) is 1.00. The van der Waals surface area contributed by atoms with Crippen molar-refractivity contribution in [1.29, 1.82) is 0 Å². The average molecular weight is 168 g/mol. The van der Waals surface area contributed by atoms with Gasteiger partial charge in [-0.1, -0.05) is 32.1 Å². The topological polar surface area (TPSA) is 40.5 Å². The molecule has 0 bridgehead atoms. The molecule has 1 atom stereocenters. The molecule has 0 spiro atoms. The second-order valence-electron chi connectivity index (χ2n) is 3.93. The van der Waals surface area contributed by atoms with E-state index in [1.54, 1.807) is 12.2 Å². The molecule has 0 aromatic carbocycles. The molecule has 2 N–H and O–H groups in total. The fourth-order valence-corrected chi connectivity index (χ4v) is 1.42. The predicted molar refractivity (Wildman–Crippen MR) is 48.7 cm³/mol. The maximum atomic E-state index is 9.55. The molecule has 1 aliphatic rings. The van der Waals surface area contributed by atoms with Gasteiger partial charge in [0.2, 0.25) is 0 Å². The summed E-state index contributed by atoms with van der Waals surface area (Å²) in [5.74, 6) is 0. The minimum Gasteiger partial charge on any atom is -0.392 e.